The highest BCUT2D eigenvalue weighted by Gasteiger charge is 2.38. The second-order valence-electron chi connectivity index (χ2n) is 7.84. The Labute approximate surface area is 173 Å². The quantitative estimate of drug-likeness (QED) is 0.716. The fourth-order valence-corrected chi connectivity index (χ4v) is 4.10. The number of fused-ring (bicyclic) bond motifs is 1. The largest absolute Gasteiger partial charge is 0.379 e. The maximum absolute atomic E-state index is 13.5. The second kappa shape index (κ2) is 8.04. The van der Waals surface area contributed by atoms with Crippen LogP contribution >= 0.6 is 0 Å². The lowest BCUT2D eigenvalue weighted by Gasteiger charge is -2.43. The maximum Gasteiger partial charge on any atom is 0.228 e. The van der Waals surface area contributed by atoms with Gasteiger partial charge in [-0.05, 0) is 31.0 Å². The molecule has 0 unspecified atom stereocenters. The lowest BCUT2D eigenvalue weighted by Crippen LogP contribution is -2.52. The summed E-state index contributed by atoms with van der Waals surface area (Å²) in [5.41, 5.74) is 2.11. The summed E-state index contributed by atoms with van der Waals surface area (Å²) in [6.07, 6.45) is 7.81. The smallest absolute Gasteiger partial charge is 0.228 e. The van der Waals surface area contributed by atoms with E-state index in [-0.39, 0.29) is 11.8 Å². The lowest BCUT2D eigenvalue weighted by molar-refractivity contribution is -0.125. The van der Waals surface area contributed by atoms with Crippen molar-refractivity contribution in [3.63, 3.8) is 0 Å². The number of halogens is 1. The van der Waals surface area contributed by atoms with E-state index in [1.165, 1.54) is 12.3 Å². The Morgan fingerprint density at radius 1 is 1.03 bits per heavy atom. The van der Waals surface area contributed by atoms with Crippen LogP contribution in [0.5, 0.6) is 0 Å². The first kappa shape index (κ1) is 19.0. The van der Waals surface area contributed by atoms with Crippen LogP contribution in [0.2, 0.25) is 0 Å². The molecule has 5 rings (SSSR count). The normalized spacial score (nSPS) is 21.9. The van der Waals surface area contributed by atoms with Crippen LogP contribution < -0.4 is 5.32 Å². The van der Waals surface area contributed by atoms with E-state index in [9.17, 15) is 9.18 Å². The van der Waals surface area contributed by atoms with Gasteiger partial charge in [-0.3, -0.25) is 19.7 Å². The number of hydrogen-bond acceptors (Lipinski definition) is 6. The molecule has 1 aliphatic heterocycles. The Morgan fingerprint density at radius 2 is 1.83 bits per heavy atom. The van der Waals surface area contributed by atoms with Crippen LogP contribution in [0.1, 0.15) is 12.8 Å². The minimum atomic E-state index is -0.397. The van der Waals surface area contributed by atoms with Gasteiger partial charge in [-0.15, -0.1) is 0 Å². The average molecular weight is 407 g/mol. The van der Waals surface area contributed by atoms with Gasteiger partial charge >= 0.3 is 0 Å². The van der Waals surface area contributed by atoms with Gasteiger partial charge in [0.05, 0.1) is 31.1 Å². The second-order valence-corrected chi connectivity index (χ2v) is 7.84. The molecule has 0 spiro atoms. The molecular formula is C22H22FN5O2. The molecule has 0 radical (unpaired) electrons. The molecule has 154 valence electrons. The average Bonchev–Trinajstić information content (AvgIpc) is 2.73. The van der Waals surface area contributed by atoms with Gasteiger partial charge in [-0.1, -0.05) is 0 Å². The summed E-state index contributed by atoms with van der Waals surface area (Å²) in [5, 5.41) is 3.76. The molecule has 2 fully saturated rings. The Hall–Kier alpha value is -2.97. The molecule has 1 N–H and O–H groups in total. The number of rotatable bonds is 4. The Balaban J connectivity index is 1.27. The van der Waals surface area contributed by atoms with Gasteiger partial charge in [0.15, 0.2) is 0 Å². The summed E-state index contributed by atoms with van der Waals surface area (Å²) >= 11 is 0. The van der Waals surface area contributed by atoms with Gasteiger partial charge in [0.1, 0.15) is 11.6 Å². The number of carbonyl (C=O) groups is 1. The summed E-state index contributed by atoms with van der Waals surface area (Å²) in [6.45, 7) is 3.44. The number of morpholine rings is 1. The van der Waals surface area contributed by atoms with Crippen LogP contribution in [0.4, 0.5) is 10.2 Å². The van der Waals surface area contributed by atoms with Crippen molar-refractivity contribution in [3.05, 3.63) is 48.8 Å². The van der Waals surface area contributed by atoms with Gasteiger partial charge in [0.25, 0.3) is 0 Å². The van der Waals surface area contributed by atoms with Crippen LogP contribution in [0.3, 0.4) is 0 Å². The van der Waals surface area contributed by atoms with E-state index in [0.29, 0.717) is 22.9 Å². The van der Waals surface area contributed by atoms with Crippen molar-refractivity contribution in [3.8, 4) is 11.1 Å². The van der Waals surface area contributed by atoms with Gasteiger partial charge < -0.3 is 10.1 Å². The molecule has 2 aliphatic rings. The van der Waals surface area contributed by atoms with E-state index >= 15 is 0 Å². The van der Waals surface area contributed by atoms with Gasteiger partial charge in [0.2, 0.25) is 5.91 Å². The van der Waals surface area contributed by atoms with Crippen molar-refractivity contribution in [1.29, 1.82) is 0 Å². The van der Waals surface area contributed by atoms with E-state index in [4.69, 9.17) is 4.74 Å². The fraction of sp³-hybridized carbons (Fsp3) is 0.364. The zero-order valence-electron chi connectivity index (χ0n) is 16.4. The predicted molar refractivity (Wildman–Crippen MR) is 110 cm³/mol. The molecule has 4 heterocycles. The van der Waals surface area contributed by atoms with Crippen LogP contribution in [0.15, 0.2) is 43.0 Å². The standard InChI is InChI=1S/C22H22FN5O2/c23-18-6-17(10-24-12-18)16-5-14-9-21(26-13-20(14)25-11-16)27-22(29)15-7-19(8-15)28-1-3-30-4-2-28/h5-6,9-13,15,19H,1-4,7-8H2,(H,26,27,29)/t15-,19-. The lowest BCUT2D eigenvalue weighted by atomic mass is 9.78. The van der Waals surface area contributed by atoms with E-state index in [0.717, 1.165) is 50.1 Å². The molecule has 30 heavy (non-hydrogen) atoms. The molecule has 0 aromatic carbocycles. The molecule has 1 saturated carbocycles. The summed E-state index contributed by atoms with van der Waals surface area (Å²) in [7, 11) is 0. The zero-order chi connectivity index (χ0) is 20.5. The molecule has 0 bridgehead atoms. The molecule has 3 aromatic heterocycles. The number of nitrogens with zero attached hydrogens (tertiary/aromatic N) is 4. The predicted octanol–water partition coefficient (Wildman–Crippen LogP) is 2.88. The minimum absolute atomic E-state index is 0.00445. The number of ether oxygens (including phenoxy) is 1. The van der Waals surface area contributed by atoms with Crippen molar-refractivity contribution in [2.24, 2.45) is 5.92 Å². The number of hydrogen-bond donors (Lipinski definition) is 1. The Morgan fingerprint density at radius 3 is 2.63 bits per heavy atom. The molecule has 8 heteroatoms. The van der Waals surface area contributed by atoms with E-state index in [1.807, 2.05) is 6.07 Å². The van der Waals surface area contributed by atoms with Gasteiger partial charge in [0, 0.05) is 54.0 Å². The first-order valence-electron chi connectivity index (χ1n) is 10.1. The van der Waals surface area contributed by atoms with Crippen molar-refractivity contribution in [2.75, 3.05) is 31.6 Å². The third kappa shape index (κ3) is 3.88. The Bertz CT molecular complexity index is 1080. The fourth-order valence-electron chi connectivity index (χ4n) is 4.10. The number of nitrogens with one attached hydrogen (secondary N) is 1. The van der Waals surface area contributed by atoms with E-state index in [2.05, 4.69) is 25.2 Å². The SMILES string of the molecule is O=C(Nc1cc2cc(-c3cncc(F)c3)cnc2cn1)[C@H]1C[C@H](N2CCOCC2)C1. The summed E-state index contributed by atoms with van der Waals surface area (Å²) in [5.74, 6) is 0.118. The first-order chi connectivity index (χ1) is 14.7. The number of aromatic nitrogens is 3. The van der Waals surface area contributed by atoms with Crippen LogP contribution in [-0.2, 0) is 9.53 Å². The monoisotopic (exact) mass is 407 g/mol. The number of pyridine rings is 3. The van der Waals surface area contributed by atoms with Gasteiger partial charge in [-0.25, -0.2) is 9.37 Å². The first-order valence-corrected chi connectivity index (χ1v) is 10.1. The molecule has 3 aromatic rings. The molecule has 1 aliphatic carbocycles. The highest BCUT2D eigenvalue weighted by atomic mass is 19.1. The maximum atomic E-state index is 13.5. The number of amides is 1. The van der Waals surface area contributed by atoms with E-state index < -0.39 is 5.82 Å². The van der Waals surface area contributed by atoms with Crippen molar-refractivity contribution >= 4 is 22.6 Å². The van der Waals surface area contributed by atoms with Crippen LogP contribution in [0, 0.1) is 11.7 Å². The highest BCUT2D eigenvalue weighted by Crippen LogP contribution is 2.33. The zero-order valence-corrected chi connectivity index (χ0v) is 16.4. The van der Waals surface area contributed by atoms with Crippen molar-refractivity contribution in [1.82, 2.24) is 19.9 Å². The van der Waals surface area contributed by atoms with Crippen molar-refractivity contribution in [2.45, 2.75) is 18.9 Å². The third-order valence-corrected chi connectivity index (χ3v) is 5.90. The molecule has 7 nitrogen and oxygen atoms in total. The molecule has 0 atom stereocenters. The summed E-state index contributed by atoms with van der Waals surface area (Å²) in [4.78, 5) is 27.6. The topological polar surface area (TPSA) is 80.2 Å². The highest BCUT2D eigenvalue weighted by molar-refractivity contribution is 5.94. The minimum Gasteiger partial charge on any atom is -0.379 e. The number of anilines is 1. The summed E-state index contributed by atoms with van der Waals surface area (Å²) in [6, 6.07) is 5.59. The van der Waals surface area contributed by atoms with Crippen molar-refractivity contribution < 1.29 is 13.9 Å². The molecular weight excluding hydrogens is 385 g/mol. The van der Waals surface area contributed by atoms with Gasteiger partial charge in [-0.2, -0.15) is 0 Å². The molecule has 1 amide bonds. The van der Waals surface area contributed by atoms with Crippen LogP contribution in [0.25, 0.3) is 22.0 Å². The third-order valence-electron chi connectivity index (χ3n) is 5.90. The van der Waals surface area contributed by atoms with E-state index in [1.54, 1.807) is 24.7 Å². The molecule has 1 saturated heterocycles. The van der Waals surface area contributed by atoms with Crippen LogP contribution in [-0.4, -0.2) is 58.1 Å². The summed E-state index contributed by atoms with van der Waals surface area (Å²) < 4.78 is 18.9. The number of carbonyl (C=O) groups excluding carboxylic acids is 1. The Kier molecular flexibility index (Phi) is 5.10.